The van der Waals surface area contributed by atoms with Crippen LogP contribution in [0.5, 0.6) is 0 Å². The average Bonchev–Trinajstić information content (AvgIpc) is 2.97. The fraction of sp³-hybridized carbons (Fsp3) is 0.421. The van der Waals surface area contributed by atoms with Crippen molar-refractivity contribution >= 4 is 17.6 Å². The van der Waals surface area contributed by atoms with Crippen LogP contribution in [0.15, 0.2) is 18.2 Å². The smallest absolute Gasteiger partial charge is 0.317 e. The molecular formula is C19H19F4N5O3. The fourth-order valence-corrected chi connectivity index (χ4v) is 3.76. The molecule has 3 amide bonds. The number of hydroxylamine groups is 2. The maximum absolute atomic E-state index is 13.5. The Morgan fingerprint density at radius 1 is 1.32 bits per heavy atom. The maximum atomic E-state index is 13.5. The van der Waals surface area contributed by atoms with Crippen molar-refractivity contribution in [3.63, 3.8) is 0 Å². The summed E-state index contributed by atoms with van der Waals surface area (Å²) >= 11 is 0. The van der Waals surface area contributed by atoms with Gasteiger partial charge in [-0.1, -0.05) is 0 Å². The third-order valence-corrected chi connectivity index (χ3v) is 5.34. The number of carbonyl (C=O) groups excluding carboxylic acids is 2. The average molecular weight is 441 g/mol. The van der Waals surface area contributed by atoms with E-state index in [1.54, 1.807) is 11.6 Å². The van der Waals surface area contributed by atoms with Crippen molar-refractivity contribution < 1.29 is 32.0 Å². The number of amides is 3. The lowest BCUT2D eigenvalue weighted by molar-refractivity contribution is -0.139. The molecular weight excluding hydrogens is 422 g/mol. The molecule has 1 unspecified atom stereocenters. The first kappa shape index (κ1) is 21.1. The SMILES string of the molecule is CC1Cc2nn3c(c2CN1C(=O)Nc1ccc(F)c(C(F)(F)F)c1)C(=O)N(C)OCC3. The largest absolute Gasteiger partial charge is 0.419 e. The molecule has 8 nitrogen and oxygen atoms in total. The van der Waals surface area contributed by atoms with Gasteiger partial charge in [-0.15, -0.1) is 0 Å². The van der Waals surface area contributed by atoms with Crippen LogP contribution in [0.25, 0.3) is 0 Å². The van der Waals surface area contributed by atoms with E-state index in [2.05, 4.69) is 10.4 Å². The van der Waals surface area contributed by atoms with Crippen LogP contribution in [0.3, 0.4) is 0 Å². The number of nitrogens with zero attached hydrogens (tertiary/aromatic N) is 4. The van der Waals surface area contributed by atoms with E-state index in [1.807, 2.05) is 0 Å². The Morgan fingerprint density at radius 3 is 2.77 bits per heavy atom. The summed E-state index contributed by atoms with van der Waals surface area (Å²) in [5.41, 5.74) is -0.0625. The molecule has 1 aromatic heterocycles. The number of rotatable bonds is 1. The molecule has 31 heavy (non-hydrogen) atoms. The Hall–Kier alpha value is -3.15. The summed E-state index contributed by atoms with van der Waals surface area (Å²) in [7, 11) is 1.49. The zero-order valence-corrected chi connectivity index (χ0v) is 16.7. The number of hydrogen-bond acceptors (Lipinski definition) is 4. The number of alkyl halides is 3. The van der Waals surface area contributed by atoms with Crippen LogP contribution in [-0.2, 0) is 30.5 Å². The van der Waals surface area contributed by atoms with Crippen LogP contribution in [0, 0.1) is 5.82 Å². The van der Waals surface area contributed by atoms with Gasteiger partial charge in [-0.2, -0.15) is 18.3 Å². The molecule has 0 radical (unpaired) electrons. The Kier molecular flexibility index (Phi) is 5.12. The second kappa shape index (κ2) is 7.52. The summed E-state index contributed by atoms with van der Waals surface area (Å²) in [5.74, 6) is -1.82. The predicted octanol–water partition coefficient (Wildman–Crippen LogP) is 3.04. The number of urea groups is 1. The van der Waals surface area contributed by atoms with E-state index in [9.17, 15) is 27.2 Å². The van der Waals surface area contributed by atoms with Crippen LogP contribution < -0.4 is 5.32 Å². The van der Waals surface area contributed by atoms with Crippen LogP contribution in [0.4, 0.5) is 28.0 Å². The lowest BCUT2D eigenvalue weighted by atomic mass is 9.99. The summed E-state index contributed by atoms with van der Waals surface area (Å²) in [6, 6.07) is 1.28. The highest BCUT2D eigenvalue weighted by Crippen LogP contribution is 2.33. The van der Waals surface area contributed by atoms with Gasteiger partial charge in [0.05, 0.1) is 31.0 Å². The minimum absolute atomic E-state index is 0.0462. The van der Waals surface area contributed by atoms with Crippen molar-refractivity contribution in [2.75, 3.05) is 19.0 Å². The molecule has 0 saturated heterocycles. The van der Waals surface area contributed by atoms with Crippen molar-refractivity contribution in [2.24, 2.45) is 0 Å². The number of carbonyl (C=O) groups is 2. The molecule has 1 N–H and O–H groups in total. The fourth-order valence-electron chi connectivity index (χ4n) is 3.76. The molecule has 166 valence electrons. The first-order chi connectivity index (χ1) is 14.6. The third-order valence-electron chi connectivity index (χ3n) is 5.34. The minimum Gasteiger partial charge on any atom is -0.317 e. The Morgan fingerprint density at radius 2 is 2.06 bits per heavy atom. The van der Waals surface area contributed by atoms with Gasteiger partial charge in [0.1, 0.15) is 11.5 Å². The summed E-state index contributed by atoms with van der Waals surface area (Å²) < 4.78 is 53.9. The zero-order chi connectivity index (χ0) is 22.5. The van der Waals surface area contributed by atoms with Gasteiger partial charge in [0, 0.05) is 30.8 Å². The van der Waals surface area contributed by atoms with E-state index in [1.165, 1.54) is 11.9 Å². The van der Waals surface area contributed by atoms with Crippen molar-refractivity contribution in [1.29, 1.82) is 0 Å². The van der Waals surface area contributed by atoms with Crippen LogP contribution >= 0.6 is 0 Å². The quantitative estimate of drug-likeness (QED) is 0.690. The van der Waals surface area contributed by atoms with Gasteiger partial charge >= 0.3 is 12.2 Å². The highest BCUT2D eigenvalue weighted by Gasteiger charge is 2.37. The van der Waals surface area contributed by atoms with Crippen LogP contribution in [0.1, 0.15) is 34.2 Å². The third kappa shape index (κ3) is 3.82. The number of anilines is 1. The van der Waals surface area contributed by atoms with E-state index in [4.69, 9.17) is 4.84 Å². The first-order valence-corrected chi connectivity index (χ1v) is 9.50. The number of halogens is 4. The Bertz CT molecular complexity index is 1050. The first-order valence-electron chi connectivity index (χ1n) is 9.50. The number of hydrogen-bond donors (Lipinski definition) is 1. The van der Waals surface area contributed by atoms with Gasteiger partial charge in [-0.25, -0.2) is 14.2 Å². The lowest BCUT2D eigenvalue weighted by Crippen LogP contribution is -2.45. The van der Waals surface area contributed by atoms with Gasteiger partial charge in [-0.05, 0) is 25.1 Å². The summed E-state index contributed by atoms with van der Waals surface area (Å²) in [6.45, 7) is 2.46. The minimum atomic E-state index is -4.89. The van der Waals surface area contributed by atoms with Crippen molar-refractivity contribution in [2.45, 2.75) is 38.7 Å². The van der Waals surface area contributed by atoms with Gasteiger partial charge < -0.3 is 10.2 Å². The topological polar surface area (TPSA) is 79.7 Å². The summed E-state index contributed by atoms with van der Waals surface area (Å²) in [6.07, 6.45) is -4.51. The van der Waals surface area contributed by atoms with Crippen LogP contribution in [-0.4, -0.2) is 51.4 Å². The van der Waals surface area contributed by atoms with E-state index in [-0.39, 0.29) is 24.9 Å². The molecule has 1 aromatic carbocycles. The molecule has 0 saturated carbocycles. The number of aromatic nitrogens is 2. The molecule has 4 rings (SSSR count). The summed E-state index contributed by atoms with van der Waals surface area (Å²) in [4.78, 5) is 32.2. The number of fused-ring (bicyclic) bond motifs is 3. The highest BCUT2D eigenvalue weighted by molar-refractivity contribution is 5.94. The highest BCUT2D eigenvalue weighted by atomic mass is 19.4. The second-order valence-corrected chi connectivity index (χ2v) is 7.44. The molecule has 0 spiro atoms. The Balaban J connectivity index is 1.59. The van der Waals surface area contributed by atoms with Gasteiger partial charge in [0.2, 0.25) is 0 Å². The molecule has 0 fully saturated rings. The maximum Gasteiger partial charge on any atom is 0.419 e. The molecule has 12 heteroatoms. The van der Waals surface area contributed by atoms with E-state index in [0.717, 1.165) is 11.1 Å². The van der Waals surface area contributed by atoms with Crippen LogP contribution in [0.2, 0.25) is 0 Å². The monoisotopic (exact) mass is 441 g/mol. The predicted molar refractivity (Wildman–Crippen MR) is 99.4 cm³/mol. The van der Waals surface area contributed by atoms with Gasteiger partial charge in [0.15, 0.2) is 0 Å². The van der Waals surface area contributed by atoms with E-state index < -0.39 is 29.5 Å². The molecule has 2 aliphatic heterocycles. The van der Waals surface area contributed by atoms with Gasteiger partial charge in [0.25, 0.3) is 5.91 Å². The molecule has 2 aromatic rings. The number of nitrogens with one attached hydrogen (secondary N) is 1. The van der Waals surface area contributed by atoms with E-state index in [0.29, 0.717) is 42.0 Å². The number of benzene rings is 1. The normalized spacial score (nSPS) is 19.0. The molecule has 1 atom stereocenters. The summed E-state index contributed by atoms with van der Waals surface area (Å²) in [5, 5.41) is 7.98. The van der Waals surface area contributed by atoms with E-state index >= 15 is 0 Å². The zero-order valence-electron chi connectivity index (χ0n) is 16.7. The molecule has 0 bridgehead atoms. The van der Waals surface area contributed by atoms with Gasteiger partial charge in [-0.3, -0.25) is 14.3 Å². The molecule has 2 aliphatic rings. The lowest BCUT2D eigenvalue weighted by Gasteiger charge is -2.33. The van der Waals surface area contributed by atoms with Crippen molar-refractivity contribution in [3.8, 4) is 0 Å². The van der Waals surface area contributed by atoms with Crippen molar-refractivity contribution in [3.05, 3.63) is 46.5 Å². The molecule has 3 heterocycles. The second-order valence-electron chi connectivity index (χ2n) is 7.44. The van der Waals surface area contributed by atoms with Crippen molar-refractivity contribution in [1.82, 2.24) is 19.7 Å². The Labute approximate surface area is 174 Å². The standard InChI is InChI=1S/C19H19F4N5O3/c1-10-7-15-12(16-17(29)26(2)31-6-5-28(16)25-15)9-27(10)18(30)24-11-3-4-14(20)13(8-11)19(21,22)23/h3-4,8,10H,5-7,9H2,1-2H3,(H,24,30). The molecule has 0 aliphatic carbocycles.